The number of piperidine rings is 1. The molecule has 116 valence electrons. The Balaban J connectivity index is 1.55. The van der Waals surface area contributed by atoms with Crippen molar-refractivity contribution in [1.29, 1.82) is 0 Å². The minimum Gasteiger partial charge on any atom is -0.342 e. The lowest BCUT2D eigenvalue weighted by molar-refractivity contribution is 0.387. The van der Waals surface area contributed by atoms with Crippen LogP contribution in [0.2, 0.25) is 0 Å². The maximum atomic E-state index is 4.58. The molecule has 2 aromatic heterocycles. The van der Waals surface area contributed by atoms with Crippen LogP contribution in [0.1, 0.15) is 24.2 Å². The van der Waals surface area contributed by atoms with Crippen LogP contribution in [0.5, 0.6) is 0 Å². The lowest BCUT2D eigenvalue weighted by Gasteiger charge is -2.38. The van der Waals surface area contributed by atoms with Crippen molar-refractivity contribution in [2.24, 2.45) is 5.92 Å². The summed E-state index contributed by atoms with van der Waals surface area (Å²) in [6, 6.07) is 0.506. The Labute approximate surface area is 134 Å². The summed E-state index contributed by atoms with van der Waals surface area (Å²) in [6.45, 7) is 7.10. The first-order valence-electron chi connectivity index (χ1n) is 7.81. The third-order valence-electron chi connectivity index (χ3n) is 4.68. The highest BCUT2D eigenvalue weighted by Gasteiger charge is 2.40. The molecule has 22 heavy (non-hydrogen) atoms. The van der Waals surface area contributed by atoms with E-state index >= 15 is 0 Å². The summed E-state index contributed by atoms with van der Waals surface area (Å²) in [5.41, 5.74) is 1.10. The predicted molar refractivity (Wildman–Crippen MR) is 87.5 cm³/mol. The Morgan fingerprint density at radius 1 is 1.14 bits per heavy atom. The van der Waals surface area contributed by atoms with Gasteiger partial charge in [-0.1, -0.05) is 0 Å². The molecule has 2 aliphatic heterocycles. The van der Waals surface area contributed by atoms with Crippen molar-refractivity contribution in [2.75, 3.05) is 29.4 Å². The predicted octanol–water partition coefficient (Wildman–Crippen LogP) is 2.05. The molecule has 0 spiro atoms. The number of aromatic nitrogens is 4. The molecule has 0 N–H and O–H groups in total. The quantitative estimate of drug-likeness (QED) is 0.845. The summed E-state index contributed by atoms with van der Waals surface area (Å²) in [4.78, 5) is 18.3. The Kier molecular flexibility index (Phi) is 3.44. The molecule has 2 saturated heterocycles. The van der Waals surface area contributed by atoms with E-state index in [4.69, 9.17) is 0 Å². The number of rotatable bonds is 2. The third-order valence-corrected chi connectivity index (χ3v) is 5.52. The first-order valence-corrected chi connectivity index (χ1v) is 8.58. The van der Waals surface area contributed by atoms with Crippen molar-refractivity contribution in [3.63, 3.8) is 0 Å². The minimum absolute atomic E-state index is 0.506. The van der Waals surface area contributed by atoms with Gasteiger partial charge in [-0.15, -0.1) is 0 Å². The second-order valence-electron chi connectivity index (χ2n) is 6.23. The molecule has 7 heteroatoms. The van der Waals surface area contributed by atoms with Crippen molar-refractivity contribution in [1.82, 2.24) is 19.3 Å². The van der Waals surface area contributed by atoms with E-state index in [1.54, 1.807) is 0 Å². The van der Waals surface area contributed by atoms with Gasteiger partial charge in [-0.2, -0.15) is 4.37 Å². The van der Waals surface area contributed by atoms with E-state index in [2.05, 4.69) is 29.1 Å². The summed E-state index contributed by atoms with van der Waals surface area (Å²) in [7, 11) is 0. The van der Waals surface area contributed by atoms with Gasteiger partial charge in [0.25, 0.3) is 0 Å². The molecule has 2 atom stereocenters. The second kappa shape index (κ2) is 5.46. The van der Waals surface area contributed by atoms with Crippen LogP contribution in [0.3, 0.4) is 0 Å². The van der Waals surface area contributed by atoms with Crippen molar-refractivity contribution >= 4 is 22.6 Å². The number of aryl methyl sites for hydroxylation is 2. The molecule has 0 amide bonds. The molecular weight excluding hydrogens is 296 g/mol. The van der Waals surface area contributed by atoms with Crippen LogP contribution < -0.4 is 9.80 Å². The molecule has 4 rings (SSSR count). The van der Waals surface area contributed by atoms with Crippen molar-refractivity contribution in [3.8, 4) is 0 Å². The largest absolute Gasteiger partial charge is 0.342 e. The Morgan fingerprint density at radius 2 is 1.91 bits per heavy atom. The zero-order chi connectivity index (χ0) is 15.1. The standard InChI is InChI=1S/C15H20N6S/c1-10-7-16-14(17-8-10)20-5-3-12-4-6-21(13(12)9-20)15-18-11(2)19-22-15/h7-8,12-13H,3-6,9H2,1-2H3. The molecule has 2 aromatic rings. The molecule has 0 aromatic carbocycles. The van der Waals surface area contributed by atoms with Gasteiger partial charge in [0.1, 0.15) is 5.82 Å². The zero-order valence-corrected chi connectivity index (χ0v) is 13.8. The van der Waals surface area contributed by atoms with E-state index in [9.17, 15) is 0 Å². The van der Waals surface area contributed by atoms with E-state index < -0.39 is 0 Å². The molecule has 0 radical (unpaired) electrons. The van der Waals surface area contributed by atoms with E-state index in [1.165, 1.54) is 24.4 Å². The van der Waals surface area contributed by atoms with Crippen LogP contribution in [0.15, 0.2) is 12.4 Å². The second-order valence-corrected chi connectivity index (χ2v) is 6.96. The summed E-state index contributed by atoms with van der Waals surface area (Å²) in [5, 5.41) is 1.07. The number of nitrogens with zero attached hydrogens (tertiary/aromatic N) is 6. The van der Waals surface area contributed by atoms with E-state index in [-0.39, 0.29) is 0 Å². The first kappa shape index (κ1) is 13.9. The Hall–Kier alpha value is -1.76. The van der Waals surface area contributed by atoms with E-state index in [0.29, 0.717) is 6.04 Å². The Morgan fingerprint density at radius 3 is 2.64 bits per heavy atom. The molecule has 0 saturated carbocycles. The van der Waals surface area contributed by atoms with Crippen LogP contribution in [0, 0.1) is 19.8 Å². The van der Waals surface area contributed by atoms with E-state index in [1.807, 2.05) is 26.2 Å². The number of anilines is 2. The molecule has 2 unspecified atom stereocenters. The van der Waals surface area contributed by atoms with Crippen LogP contribution in [-0.4, -0.2) is 45.0 Å². The van der Waals surface area contributed by atoms with Crippen molar-refractivity contribution < 1.29 is 0 Å². The van der Waals surface area contributed by atoms with Gasteiger partial charge in [0.2, 0.25) is 11.1 Å². The molecule has 0 bridgehead atoms. The Bertz CT molecular complexity index is 654. The number of fused-ring (bicyclic) bond motifs is 1. The fourth-order valence-corrected chi connectivity index (χ4v) is 4.27. The smallest absolute Gasteiger partial charge is 0.225 e. The molecular formula is C15H20N6S. The van der Waals surface area contributed by atoms with Crippen LogP contribution >= 0.6 is 11.5 Å². The highest BCUT2D eigenvalue weighted by molar-refractivity contribution is 7.09. The summed E-state index contributed by atoms with van der Waals surface area (Å²) >= 11 is 1.52. The van der Waals surface area contributed by atoms with Crippen LogP contribution in [0.4, 0.5) is 11.1 Å². The van der Waals surface area contributed by atoms with E-state index in [0.717, 1.165) is 48.0 Å². The van der Waals surface area contributed by atoms with Crippen LogP contribution in [0.25, 0.3) is 0 Å². The zero-order valence-electron chi connectivity index (χ0n) is 12.9. The van der Waals surface area contributed by atoms with Gasteiger partial charge in [-0.05, 0) is 38.2 Å². The van der Waals surface area contributed by atoms with Gasteiger partial charge in [-0.25, -0.2) is 15.0 Å². The van der Waals surface area contributed by atoms with Crippen molar-refractivity contribution in [2.45, 2.75) is 32.7 Å². The summed E-state index contributed by atoms with van der Waals surface area (Å²) < 4.78 is 4.34. The average Bonchev–Trinajstić information content (AvgIpc) is 3.13. The topological polar surface area (TPSA) is 58.0 Å². The lowest BCUT2D eigenvalue weighted by atomic mass is 9.92. The van der Waals surface area contributed by atoms with Gasteiger partial charge >= 0.3 is 0 Å². The maximum Gasteiger partial charge on any atom is 0.225 e. The summed E-state index contributed by atoms with van der Waals surface area (Å²) in [5.74, 6) is 2.48. The van der Waals surface area contributed by atoms with Gasteiger partial charge in [-0.3, -0.25) is 0 Å². The highest BCUT2D eigenvalue weighted by atomic mass is 32.1. The maximum absolute atomic E-state index is 4.58. The molecule has 6 nitrogen and oxygen atoms in total. The van der Waals surface area contributed by atoms with Gasteiger partial charge in [0.15, 0.2) is 0 Å². The normalized spacial score (nSPS) is 24.6. The average molecular weight is 316 g/mol. The minimum atomic E-state index is 0.506. The van der Waals surface area contributed by atoms with Gasteiger partial charge < -0.3 is 9.80 Å². The van der Waals surface area contributed by atoms with Gasteiger partial charge in [0, 0.05) is 43.6 Å². The monoisotopic (exact) mass is 316 g/mol. The van der Waals surface area contributed by atoms with Crippen molar-refractivity contribution in [3.05, 3.63) is 23.8 Å². The lowest BCUT2D eigenvalue weighted by Crippen LogP contribution is -2.48. The first-order chi connectivity index (χ1) is 10.7. The highest BCUT2D eigenvalue weighted by Crippen LogP contribution is 2.36. The fourth-order valence-electron chi connectivity index (χ4n) is 3.51. The fraction of sp³-hybridized carbons (Fsp3) is 0.600. The molecule has 0 aliphatic carbocycles. The van der Waals surface area contributed by atoms with Crippen LogP contribution in [-0.2, 0) is 0 Å². The van der Waals surface area contributed by atoms with Gasteiger partial charge in [0.05, 0.1) is 6.04 Å². The molecule has 4 heterocycles. The third kappa shape index (κ3) is 2.43. The SMILES string of the molecule is Cc1cnc(N2CCC3CCN(c4nc(C)ns4)C3C2)nc1. The number of hydrogen-bond acceptors (Lipinski definition) is 7. The molecule has 2 fully saturated rings. The number of hydrogen-bond donors (Lipinski definition) is 0. The molecule has 2 aliphatic rings. The summed E-state index contributed by atoms with van der Waals surface area (Å²) in [6.07, 6.45) is 6.26.